The largest absolute Gasteiger partial charge is 0.508 e. The van der Waals surface area contributed by atoms with Gasteiger partial charge in [0.15, 0.2) is 11.8 Å². The highest BCUT2D eigenvalue weighted by Gasteiger charge is 2.46. The Morgan fingerprint density at radius 1 is 1.57 bits per heavy atom. The molecule has 3 atom stereocenters. The third-order valence-corrected chi connectivity index (χ3v) is 3.27. The normalized spacial score (nSPS) is 30.5. The van der Waals surface area contributed by atoms with Crippen LogP contribution in [0.2, 0.25) is 0 Å². The zero-order valence-corrected chi connectivity index (χ0v) is 11.8. The van der Waals surface area contributed by atoms with Crippen LogP contribution in [0.15, 0.2) is 17.3 Å². The molecule has 0 amide bonds. The van der Waals surface area contributed by atoms with Gasteiger partial charge in [0.05, 0.1) is 13.7 Å². The van der Waals surface area contributed by atoms with Gasteiger partial charge in [-0.05, 0) is 19.1 Å². The molecule has 1 unspecified atom stereocenters. The molecule has 1 N–H and O–H groups in total. The number of carbonyl (C=O) groups excluding carboxylic acids is 2. The van der Waals surface area contributed by atoms with Crippen molar-refractivity contribution in [3.8, 4) is 0 Å². The Morgan fingerprint density at radius 3 is 3.00 bits per heavy atom. The van der Waals surface area contributed by atoms with Crippen LogP contribution in [-0.4, -0.2) is 54.5 Å². The summed E-state index contributed by atoms with van der Waals surface area (Å²) in [6.45, 7) is 1.89. The topological polar surface area (TPSA) is 104 Å². The van der Waals surface area contributed by atoms with Crippen LogP contribution in [0.5, 0.6) is 0 Å². The first-order chi connectivity index (χ1) is 9.98. The number of fused-ring (bicyclic) bond motifs is 1. The number of aliphatic hydroxyl groups is 1. The first-order valence-electron chi connectivity index (χ1n) is 6.54. The zero-order chi connectivity index (χ0) is 15.5. The maximum atomic E-state index is 11.6. The number of hydrogen-bond acceptors (Lipinski definition) is 8. The standard InChI is InChI=1S/C13H17NO7/c1-3-19-11(15)9-7-13(17)5-4-8(20-12(16)18-2)6-10(13)21-14-9/h4-5,8,10,17H,3,6-7H2,1-2H3/t8?,10-,13+/m0/s1. The Bertz CT molecular complexity index is 487. The van der Waals surface area contributed by atoms with E-state index < -0.39 is 29.9 Å². The Kier molecular flexibility index (Phi) is 4.46. The molecule has 1 aliphatic carbocycles. The summed E-state index contributed by atoms with van der Waals surface area (Å²) in [7, 11) is 1.21. The zero-order valence-electron chi connectivity index (χ0n) is 11.8. The van der Waals surface area contributed by atoms with Crippen LogP contribution in [0.4, 0.5) is 4.79 Å². The van der Waals surface area contributed by atoms with Crippen LogP contribution in [-0.2, 0) is 23.8 Å². The van der Waals surface area contributed by atoms with Crippen molar-refractivity contribution >= 4 is 17.8 Å². The lowest BCUT2D eigenvalue weighted by molar-refractivity contribution is -0.139. The molecule has 2 rings (SSSR count). The minimum absolute atomic E-state index is 0.0159. The molecule has 0 aromatic heterocycles. The SMILES string of the molecule is CCOC(=O)C1=NO[C@H]2CC(OC(=O)OC)C=C[C@@]2(O)C1. The maximum absolute atomic E-state index is 11.6. The van der Waals surface area contributed by atoms with Gasteiger partial charge in [-0.25, -0.2) is 9.59 Å². The molecule has 8 nitrogen and oxygen atoms in total. The van der Waals surface area contributed by atoms with E-state index >= 15 is 0 Å². The van der Waals surface area contributed by atoms with Gasteiger partial charge in [0, 0.05) is 12.8 Å². The lowest BCUT2D eigenvalue weighted by Crippen LogP contribution is -2.51. The predicted octanol–water partition coefficient (Wildman–Crippen LogP) is 0.537. The number of methoxy groups -OCH3 is 1. The van der Waals surface area contributed by atoms with Crippen molar-refractivity contribution in [2.45, 2.75) is 37.6 Å². The van der Waals surface area contributed by atoms with Gasteiger partial charge in [-0.1, -0.05) is 5.16 Å². The fourth-order valence-corrected chi connectivity index (χ4v) is 2.19. The average Bonchev–Trinajstić information content (AvgIpc) is 2.47. The van der Waals surface area contributed by atoms with Crippen molar-refractivity contribution in [1.29, 1.82) is 0 Å². The Labute approximate surface area is 121 Å². The molecule has 2 aliphatic rings. The molecule has 0 bridgehead atoms. The van der Waals surface area contributed by atoms with Crippen molar-refractivity contribution in [3.05, 3.63) is 12.2 Å². The minimum atomic E-state index is -1.38. The van der Waals surface area contributed by atoms with Crippen LogP contribution in [0.1, 0.15) is 19.8 Å². The fraction of sp³-hybridized carbons (Fsp3) is 0.615. The van der Waals surface area contributed by atoms with Crippen LogP contribution < -0.4 is 0 Å². The molecule has 0 spiro atoms. The molecule has 116 valence electrons. The highest BCUT2D eigenvalue weighted by Crippen LogP contribution is 2.33. The van der Waals surface area contributed by atoms with Gasteiger partial charge < -0.3 is 24.2 Å². The van der Waals surface area contributed by atoms with Crippen LogP contribution in [0, 0.1) is 0 Å². The Balaban J connectivity index is 2.05. The second kappa shape index (κ2) is 6.13. The third-order valence-electron chi connectivity index (χ3n) is 3.27. The first kappa shape index (κ1) is 15.3. The fourth-order valence-electron chi connectivity index (χ4n) is 2.19. The molecule has 0 radical (unpaired) electrons. The van der Waals surface area contributed by atoms with Crippen molar-refractivity contribution < 1.29 is 33.7 Å². The second-order valence-electron chi connectivity index (χ2n) is 4.73. The maximum Gasteiger partial charge on any atom is 0.508 e. The molecule has 21 heavy (non-hydrogen) atoms. The van der Waals surface area contributed by atoms with Gasteiger partial charge in [0.1, 0.15) is 11.7 Å². The summed E-state index contributed by atoms with van der Waals surface area (Å²) in [4.78, 5) is 27.8. The number of rotatable bonds is 3. The van der Waals surface area contributed by atoms with E-state index in [4.69, 9.17) is 14.3 Å². The monoisotopic (exact) mass is 299 g/mol. The lowest BCUT2D eigenvalue weighted by atomic mass is 9.82. The molecule has 0 saturated carbocycles. The van der Waals surface area contributed by atoms with E-state index in [1.807, 2.05) is 0 Å². The van der Waals surface area contributed by atoms with E-state index in [0.29, 0.717) is 0 Å². The van der Waals surface area contributed by atoms with Crippen molar-refractivity contribution in [1.82, 2.24) is 0 Å². The molecule has 0 aromatic carbocycles. The Hall–Kier alpha value is -2.09. The van der Waals surface area contributed by atoms with E-state index in [0.717, 1.165) is 0 Å². The summed E-state index contributed by atoms with van der Waals surface area (Å²) in [5.74, 6) is -0.620. The number of ether oxygens (including phenoxy) is 3. The highest BCUT2D eigenvalue weighted by atomic mass is 16.7. The van der Waals surface area contributed by atoms with E-state index in [2.05, 4.69) is 9.89 Å². The van der Waals surface area contributed by atoms with Crippen LogP contribution >= 0.6 is 0 Å². The van der Waals surface area contributed by atoms with Crippen molar-refractivity contribution in [2.75, 3.05) is 13.7 Å². The quantitative estimate of drug-likeness (QED) is 0.599. The molecular weight excluding hydrogens is 282 g/mol. The number of hydrogen-bond donors (Lipinski definition) is 1. The third kappa shape index (κ3) is 3.33. The van der Waals surface area contributed by atoms with Gasteiger partial charge in [-0.2, -0.15) is 0 Å². The second-order valence-corrected chi connectivity index (χ2v) is 4.73. The molecule has 0 aromatic rings. The lowest BCUT2D eigenvalue weighted by Gasteiger charge is -2.39. The molecule has 1 heterocycles. The number of oxime groups is 1. The van der Waals surface area contributed by atoms with E-state index in [1.165, 1.54) is 19.3 Å². The average molecular weight is 299 g/mol. The van der Waals surface area contributed by atoms with Crippen molar-refractivity contribution in [3.63, 3.8) is 0 Å². The smallest absolute Gasteiger partial charge is 0.461 e. The minimum Gasteiger partial charge on any atom is -0.461 e. The van der Waals surface area contributed by atoms with Gasteiger partial charge in [-0.3, -0.25) is 0 Å². The number of esters is 1. The summed E-state index contributed by atoms with van der Waals surface area (Å²) in [6.07, 6.45) is 1.06. The summed E-state index contributed by atoms with van der Waals surface area (Å²) in [6, 6.07) is 0. The molecule has 0 saturated heterocycles. The molecule has 8 heteroatoms. The van der Waals surface area contributed by atoms with Crippen LogP contribution in [0.25, 0.3) is 0 Å². The molecular formula is C13H17NO7. The molecule has 1 aliphatic heterocycles. The van der Waals surface area contributed by atoms with E-state index in [9.17, 15) is 14.7 Å². The highest BCUT2D eigenvalue weighted by molar-refractivity contribution is 6.36. The summed E-state index contributed by atoms with van der Waals surface area (Å²) in [5, 5.41) is 14.2. The number of nitrogens with zero attached hydrogens (tertiary/aromatic N) is 1. The number of carbonyl (C=O) groups is 2. The van der Waals surface area contributed by atoms with Crippen LogP contribution in [0.3, 0.4) is 0 Å². The van der Waals surface area contributed by atoms with E-state index in [-0.39, 0.29) is 25.2 Å². The van der Waals surface area contributed by atoms with Gasteiger partial charge in [-0.15, -0.1) is 0 Å². The predicted molar refractivity (Wildman–Crippen MR) is 69.5 cm³/mol. The molecule has 0 fully saturated rings. The van der Waals surface area contributed by atoms with Gasteiger partial charge >= 0.3 is 12.1 Å². The van der Waals surface area contributed by atoms with E-state index in [1.54, 1.807) is 6.92 Å². The Morgan fingerprint density at radius 2 is 2.33 bits per heavy atom. The summed E-state index contributed by atoms with van der Waals surface area (Å²) < 4.78 is 14.2. The van der Waals surface area contributed by atoms with Gasteiger partial charge in [0.2, 0.25) is 0 Å². The summed E-state index contributed by atoms with van der Waals surface area (Å²) in [5.41, 5.74) is -1.35. The van der Waals surface area contributed by atoms with Gasteiger partial charge in [0.25, 0.3) is 0 Å². The van der Waals surface area contributed by atoms with Crippen molar-refractivity contribution in [2.24, 2.45) is 5.16 Å². The summed E-state index contributed by atoms with van der Waals surface area (Å²) >= 11 is 0. The first-order valence-corrected chi connectivity index (χ1v) is 6.54.